The van der Waals surface area contributed by atoms with Gasteiger partial charge in [0, 0.05) is 24.1 Å². The van der Waals surface area contributed by atoms with Crippen molar-refractivity contribution in [1.29, 1.82) is 0 Å². The lowest BCUT2D eigenvalue weighted by Crippen LogP contribution is -2.44. The highest BCUT2D eigenvalue weighted by Gasteiger charge is 2.25. The molecule has 2 N–H and O–H groups in total. The molecule has 0 radical (unpaired) electrons. The number of pyridine rings is 1. The van der Waals surface area contributed by atoms with E-state index in [1.807, 2.05) is 18.2 Å². The summed E-state index contributed by atoms with van der Waals surface area (Å²) in [5.74, 6) is 0.325. The molecule has 1 aromatic heterocycles. The van der Waals surface area contributed by atoms with Crippen LogP contribution in [0.3, 0.4) is 0 Å². The zero-order valence-corrected chi connectivity index (χ0v) is 19.0. The van der Waals surface area contributed by atoms with Crippen molar-refractivity contribution in [2.24, 2.45) is 0 Å². The Balaban J connectivity index is 1.63. The Hall–Kier alpha value is -2.65. The van der Waals surface area contributed by atoms with Gasteiger partial charge in [0.2, 0.25) is 11.8 Å². The Kier molecular flexibility index (Phi) is 8.87. The Morgan fingerprint density at radius 1 is 1.16 bits per heavy atom. The molecular formula is C23H28FN3O4S. The van der Waals surface area contributed by atoms with Crippen molar-refractivity contribution < 1.29 is 23.5 Å². The van der Waals surface area contributed by atoms with Gasteiger partial charge in [0.15, 0.2) is 0 Å². The second-order valence-electron chi connectivity index (χ2n) is 7.54. The number of nitrogens with zero attached hydrogens (tertiary/aromatic N) is 1. The van der Waals surface area contributed by atoms with Crippen molar-refractivity contribution in [2.75, 3.05) is 19.5 Å². The Bertz CT molecular complexity index is 935. The lowest BCUT2D eigenvalue weighted by atomic mass is 9.91. The summed E-state index contributed by atoms with van der Waals surface area (Å²) in [5, 5.41) is 5.88. The molecule has 0 unspecified atom stereocenters. The molecule has 9 heteroatoms. The van der Waals surface area contributed by atoms with Crippen LogP contribution in [-0.4, -0.2) is 48.4 Å². The molecule has 7 nitrogen and oxygen atoms in total. The van der Waals surface area contributed by atoms with Gasteiger partial charge in [-0.05, 0) is 55.7 Å². The van der Waals surface area contributed by atoms with E-state index in [2.05, 4.69) is 22.5 Å². The molecule has 1 saturated carbocycles. The molecule has 0 bridgehead atoms. The number of carbonyl (C=O) groups excluding carboxylic acids is 2. The first kappa shape index (κ1) is 24.0. The third-order valence-electron chi connectivity index (χ3n) is 5.10. The Morgan fingerprint density at radius 2 is 1.88 bits per heavy atom. The standard InChI is InChI=1S/C23H28FN3O4S/c1-3-32-19-6-4-5-18(12-19)31-23-20(11-15(24)13-25-23)22(29)27-17-9-7-16(8-10-17)26-21(28)14-30-2/h4-6,11-13,16-17H,3,7-10,14H2,1-2H3,(H,26,28)(H,27,29)/t16-,17+. The lowest BCUT2D eigenvalue weighted by molar-refractivity contribution is -0.125. The third kappa shape index (κ3) is 6.93. The van der Waals surface area contributed by atoms with Gasteiger partial charge in [-0.2, -0.15) is 0 Å². The molecule has 1 aliphatic rings. The monoisotopic (exact) mass is 461 g/mol. The normalized spacial score (nSPS) is 18.1. The fourth-order valence-electron chi connectivity index (χ4n) is 3.62. The topological polar surface area (TPSA) is 89.5 Å². The summed E-state index contributed by atoms with van der Waals surface area (Å²) in [7, 11) is 1.48. The maximum absolute atomic E-state index is 13.9. The highest BCUT2D eigenvalue weighted by Crippen LogP contribution is 2.28. The van der Waals surface area contributed by atoms with Crippen molar-refractivity contribution in [2.45, 2.75) is 49.6 Å². The van der Waals surface area contributed by atoms with Gasteiger partial charge in [-0.1, -0.05) is 13.0 Å². The second kappa shape index (κ2) is 11.8. The van der Waals surface area contributed by atoms with Crippen LogP contribution in [0, 0.1) is 5.82 Å². The zero-order valence-electron chi connectivity index (χ0n) is 18.2. The average Bonchev–Trinajstić information content (AvgIpc) is 2.77. The summed E-state index contributed by atoms with van der Waals surface area (Å²) in [6, 6.07) is 8.60. The van der Waals surface area contributed by atoms with E-state index in [0.717, 1.165) is 35.8 Å². The molecule has 1 heterocycles. The molecule has 1 aromatic carbocycles. The third-order valence-corrected chi connectivity index (χ3v) is 5.97. The van der Waals surface area contributed by atoms with Crippen LogP contribution in [0.5, 0.6) is 11.6 Å². The van der Waals surface area contributed by atoms with Crippen LogP contribution < -0.4 is 15.4 Å². The predicted molar refractivity (Wildman–Crippen MR) is 121 cm³/mol. The highest BCUT2D eigenvalue weighted by atomic mass is 32.2. The van der Waals surface area contributed by atoms with Gasteiger partial charge in [0.05, 0.1) is 6.20 Å². The molecular weight excluding hydrogens is 433 g/mol. The number of aromatic nitrogens is 1. The molecule has 0 aliphatic heterocycles. The number of rotatable bonds is 9. The van der Waals surface area contributed by atoms with Crippen LogP contribution in [0.4, 0.5) is 4.39 Å². The van der Waals surface area contributed by atoms with E-state index in [-0.39, 0.29) is 36.0 Å². The minimum Gasteiger partial charge on any atom is -0.438 e. The number of ether oxygens (including phenoxy) is 2. The fraction of sp³-hybridized carbons (Fsp3) is 0.435. The minimum atomic E-state index is -0.609. The second-order valence-corrected chi connectivity index (χ2v) is 8.88. The molecule has 2 amide bonds. The molecule has 3 rings (SSSR count). The molecule has 0 saturated heterocycles. The summed E-state index contributed by atoms with van der Waals surface area (Å²) >= 11 is 1.67. The molecule has 172 valence electrons. The SMILES string of the molecule is CCSc1cccc(Oc2ncc(F)cc2C(=O)N[C@H]2CC[C@@H](NC(=O)COC)CC2)c1. The highest BCUT2D eigenvalue weighted by molar-refractivity contribution is 7.99. The van der Waals surface area contributed by atoms with Gasteiger partial charge in [-0.15, -0.1) is 11.8 Å². The number of nitrogens with one attached hydrogen (secondary N) is 2. The number of methoxy groups -OCH3 is 1. The summed E-state index contributed by atoms with van der Waals surface area (Å²) < 4.78 is 24.5. The van der Waals surface area contributed by atoms with E-state index in [4.69, 9.17) is 9.47 Å². The predicted octanol–water partition coefficient (Wildman–Crippen LogP) is 3.93. The van der Waals surface area contributed by atoms with Crippen molar-refractivity contribution in [3.05, 3.63) is 47.9 Å². The first-order valence-electron chi connectivity index (χ1n) is 10.6. The van der Waals surface area contributed by atoms with Gasteiger partial charge in [-0.3, -0.25) is 9.59 Å². The molecule has 1 aliphatic carbocycles. The maximum atomic E-state index is 13.9. The number of amides is 2. The number of hydrogen-bond acceptors (Lipinski definition) is 6. The van der Waals surface area contributed by atoms with Crippen LogP contribution in [0.25, 0.3) is 0 Å². The van der Waals surface area contributed by atoms with E-state index in [9.17, 15) is 14.0 Å². The number of halogens is 1. The van der Waals surface area contributed by atoms with E-state index < -0.39 is 11.7 Å². The first-order valence-corrected chi connectivity index (χ1v) is 11.6. The molecule has 2 aromatic rings. The number of hydrogen-bond donors (Lipinski definition) is 2. The fourth-order valence-corrected chi connectivity index (χ4v) is 4.33. The van der Waals surface area contributed by atoms with E-state index in [1.165, 1.54) is 7.11 Å². The van der Waals surface area contributed by atoms with E-state index >= 15 is 0 Å². The van der Waals surface area contributed by atoms with Crippen LogP contribution >= 0.6 is 11.8 Å². The first-order chi connectivity index (χ1) is 15.5. The van der Waals surface area contributed by atoms with Gasteiger partial charge < -0.3 is 20.1 Å². The van der Waals surface area contributed by atoms with Gasteiger partial charge in [-0.25, -0.2) is 9.37 Å². The number of thioether (sulfide) groups is 1. The Morgan fingerprint density at radius 3 is 2.56 bits per heavy atom. The van der Waals surface area contributed by atoms with Crippen LogP contribution in [-0.2, 0) is 9.53 Å². The maximum Gasteiger partial charge on any atom is 0.257 e. The molecule has 0 atom stereocenters. The van der Waals surface area contributed by atoms with E-state index in [0.29, 0.717) is 18.6 Å². The minimum absolute atomic E-state index is 0.0338. The van der Waals surface area contributed by atoms with Crippen molar-refractivity contribution in [3.8, 4) is 11.6 Å². The lowest BCUT2D eigenvalue weighted by Gasteiger charge is -2.29. The Labute approximate surface area is 191 Å². The molecule has 32 heavy (non-hydrogen) atoms. The van der Waals surface area contributed by atoms with E-state index in [1.54, 1.807) is 17.8 Å². The van der Waals surface area contributed by atoms with Crippen LogP contribution in [0.15, 0.2) is 41.4 Å². The van der Waals surface area contributed by atoms with Gasteiger partial charge in [0.25, 0.3) is 5.91 Å². The quantitative estimate of drug-likeness (QED) is 0.550. The van der Waals surface area contributed by atoms with Gasteiger partial charge >= 0.3 is 0 Å². The largest absolute Gasteiger partial charge is 0.438 e. The zero-order chi connectivity index (χ0) is 22.9. The van der Waals surface area contributed by atoms with Crippen LogP contribution in [0.2, 0.25) is 0 Å². The van der Waals surface area contributed by atoms with Crippen molar-refractivity contribution in [3.63, 3.8) is 0 Å². The number of benzene rings is 1. The smallest absolute Gasteiger partial charge is 0.257 e. The summed E-state index contributed by atoms with van der Waals surface area (Å²) in [6.45, 7) is 2.09. The number of carbonyl (C=O) groups is 2. The molecule has 0 spiro atoms. The molecule has 1 fully saturated rings. The summed E-state index contributed by atoms with van der Waals surface area (Å²) in [4.78, 5) is 29.6. The van der Waals surface area contributed by atoms with Gasteiger partial charge in [0.1, 0.15) is 23.7 Å². The summed E-state index contributed by atoms with van der Waals surface area (Å²) in [5.41, 5.74) is 0.0501. The summed E-state index contributed by atoms with van der Waals surface area (Å²) in [6.07, 6.45) is 3.93. The van der Waals surface area contributed by atoms with Crippen LogP contribution in [0.1, 0.15) is 43.0 Å². The average molecular weight is 462 g/mol. The van der Waals surface area contributed by atoms with Crippen molar-refractivity contribution in [1.82, 2.24) is 15.6 Å². The van der Waals surface area contributed by atoms with Crippen molar-refractivity contribution >= 4 is 23.6 Å².